The van der Waals surface area contributed by atoms with Crippen LogP contribution in [-0.4, -0.2) is 48.7 Å². The lowest BCUT2D eigenvalue weighted by atomic mass is 10.1. The van der Waals surface area contributed by atoms with Crippen molar-refractivity contribution in [1.29, 1.82) is 0 Å². The third kappa shape index (κ3) is 3.98. The van der Waals surface area contributed by atoms with Gasteiger partial charge >= 0.3 is 0 Å². The van der Waals surface area contributed by atoms with Gasteiger partial charge in [-0.3, -0.25) is 24.5 Å². The highest BCUT2D eigenvalue weighted by Crippen LogP contribution is 2.31. The van der Waals surface area contributed by atoms with Crippen molar-refractivity contribution in [1.82, 2.24) is 29.7 Å². The molecular weight excluding hydrogens is 392 g/mol. The Bertz CT molecular complexity index is 1130. The molecule has 0 radical (unpaired) electrons. The van der Waals surface area contributed by atoms with Crippen LogP contribution in [0, 0.1) is 0 Å². The Kier molecular flexibility index (Phi) is 5.30. The van der Waals surface area contributed by atoms with Crippen LogP contribution in [0.15, 0.2) is 53.7 Å². The lowest BCUT2D eigenvalue weighted by molar-refractivity contribution is 0.0723. The molecule has 158 valence electrons. The van der Waals surface area contributed by atoms with E-state index in [-0.39, 0.29) is 17.5 Å². The fraction of sp³-hybridized carbons (Fsp3) is 0.348. The van der Waals surface area contributed by atoms with Gasteiger partial charge in [0.05, 0.1) is 17.3 Å². The van der Waals surface area contributed by atoms with Crippen LogP contribution in [0.1, 0.15) is 52.0 Å². The van der Waals surface area contributed by atoms with E-state index in [1.54, 1.807) is 29.4 Å². The van der Waals surface area contributed by atoms with Gasteiger partial charge in [-0.2, -0.15) is 0 Å². The fourth-order valence-electron chi connectivity index (χ4n) is 4.47. The van der Waals surface area contributed by atoms with Gasteiger partial charge in [-0.25, -0.2) is 4.98 Å². The lowest BCUT2D eigenvalue weighted by Gasteiger charge is -2.29. The fourth-order valence-corrected chi connectivity index (χ4v) is 4.47. The van der Waals surface area contributed by atoms with Gasteiger partial charge in [0.25, 0.3) is 11.5 Å². The highest BCUT2D eigenvalue weighted by molar-refractivity contribution is 5.92. The number of amides is 1. The predicted octanol–water partition coefficient (Wildman–Crippen LogP) is 2.10. The van der Waals surface area contributed by atoms with Gasteiger partial charge in [0.2, 0.25) is 0 Å². The van der Waals surface area contributed by atoms with Crippen molar-refractivity contribution >= 4 is 5.91 Å². The topological polar surface area (TPSA) is 95.1 Å². The molecule has 3 aromatic rings. The summed E-state index contributed by atoms with van der Waals surface area (Å²) in [6.45, 7) is 2.79. The molecule has 0 aromatic carbocycles. The number of hydrogen-bond acceptors (Lipinski definition) is 6. The van der Waals surface area contributed by atoms with E-state index in [2.05, 4.69) is 19.9 Å². The third-order valence-corrected chi connectivity index (χ3v) is 6.01. The molecule has 31 heavy (non-hydrogen) atoms. The number of H-pyrrole nitrogens is 1. The number of fused-ring (bicyclic) bond motifs is 1. The van der Waals surface area contributed by atoms with E-state index in [0.717, 1.165) is 42.8 Å². The Morgan fingerprint density at radius 2 is 2.10 bits per heavy atom. The number of carbonyl (C=O) groups excluding carboxylic acids is 1. The number of likely N-dealkylation sites (tertiary alicyclic amines) is 1. The van der Waals surface area contributed by atoms with Crippen molar-refractivity contribution in [2.24, 2.45) is 0 Å². The van der Waals surface area contributed by atoms with Gasteiger partial charge < -0.3 is 9.88 Å². The van der Waals surface area contributed by atoms with Crippen molar-refractivity contribution in [3.63, 3.8) is 0 Å². The normalized spacial score (nSPS) is 18.7. The number of carbonyl (C=O) groups is 1. The summed E-state index contributed by atoms with van der Waals surface area (Å²) in [5.74, 6) is 0.470. The second kappa shape index (κ2) is 8.39. The summed E-state index contributed by atoms with van der Waals surface area (Å²) in [5, 5.41) is 0. The molecule has 0 spiro atoms. The van der Waals surface area contributed by atoms with E-state index in [9.17, 15) is 9.59 Å². The first-order valence-corrected chi connectivity index (χ1v) is 10.6. The third-order valence-electron chi connectivity index (χ3n) is 6.01. The standard InChI is InChI=1S/C23H24N6O2/c30-22-17-15-28(14-16-5-3-9-24-13-16)12-8-18(17)26-21(27-22)20-7-4-11-29(20)23(31)19-6-1-2-10-25-19/h1-3,5-6,9-10,13,20H,4,7-8,11-12,14-15H2,(H,26,27,30)/t20-/m1/s1. The Hall–Kier alpha value is -3.39. The minimum atomic E-state index is -0.221. The minimum absolute atomic E-state index is 0.104. The van der Waals surface area contributed by atoms with E-state index in [1.165, 1.54) is 0 Å². The van der Waals surface area contributed by atoms with Gasteiger partial charge in [0, 0.05) is 51.2 Å². The molecule has 8 nitrogen and oxygen atoms in total. The number of rotatable bonds is 4. The van der Waals surface area contributed by atoms with Crippen molar-refractivity contribution < 1.29 is 4.79 Å². The Balaban J connectivity index is 1.37. The zero-order valence-corrected chi connectivity index (χ0v) is 17.2. The molecule has 2 aliphatic rings. The summed E-state index contributed by atoms with van der Waals surface area (Å²) < 4.78 is 0. The maximum atomic E-state index is 13.0. The molecule has 1 fully saturated rings. The van der Waals surface area contributed by atoms with Crippen molar-refractivity contribution in [2.75, 3.05) is 13.1 Å². The molecule has 1 saturated heterocycles. The first-order valence-electron chi connectivity index (χ1n) is 10.6. The van der Waals surface area contributed by atoms with Gasteiger partial charge in [-0.1, -0.05) is 12.1 Å². The highest BCUT2D eigenvalue weighted by Gasteiger charge is 2.34. The largest absolute Gasteiger partial charge is 0.327 e. The van der Waals surface area contributed by atoms with Crippen LogP contribution in [0.5, 0.6) is 0 Å². The van der Waals surface area contributed by atoms with Gasteiger partial charge in [0.1, 0.15) is 11.5 Å². The number of hydrogen-bond donors (Lipinski definition) is 1. The SMILES string of the molecule is O=C(c1ccccn1)N1CCC[C@@H]1c1nc2c(c(=O)[nH]1)CN(Cc1cccnc1)CC2. The number of nitrogens with zero attached hydrogens (tertiary/aromatic N) is 5. The van der Waals surface area contributed by atoms with Crippen LogP contribution in [0.3, 0.4) is 0 Å². The van der Waals surface area contributed by atoms with Gasteiger partial charge in [-0.15, -0.1) is 0 Å². The molecule has 0 saturated carbocycles. The predicted molar refractivity (Wildman–Crippen MR) is 114 cm³/mol. The van der Waals surface area contributed by atoms with Crippen molar-refractivity contribution in [3.8, 4) is 0 Å². The van der Waals surface area contributed by atoms with Crippen LogP contribution in [0.25, 0.3) is 0 Å². The monoisotopic (exact) mass is 416 g/mol. The first-order chi connectivity index (χ1) is 15.2. The van der Waals surface area contributed by atoms with E-state index in [1.807, 2.05) is 24.4 Å². The number of aromatic amines is 1. The molecule has 1 amide bonds. The molecule has 5 heterocycles. The smallest absolute Gasteiger partial charge is 0.273 e. The zero-order valence-electron chi connectivity index (χ0n) is 17.2. The second-order valence-electron chi connectivity index (χ2n) is 8.07. The second-order valence-corrected chi connectivity index (χ2v) is 8.07. The summed E-state index contributed by atoms with van der Waals surface area (Å²) >= 11 is 0. The van der Waals surface area contributed by atoms with Crippen LogP contribution in [-0.2, 0) is 19.5 Å². The zero-order chi connectivity index (χ0) is 21.2. The molecule has 2 aliphatic heterocycles. The van der Waals surface area contributed by atoms with E-state index in [4.69, 9.17) is 4.98 Å². The molecule has 0 unspecified atom stereocenters. The summed E-state index contributed by atoms with van der Waals surface area (Å²) in [6.07, 6.45) is 7.61. The van der Waals surface area contributed by atoms with E-state index >= 15 is 0 Å². The lowest BCUT2D eigenvalue weighted by Crippen LogP contribution is -2.38. The molecule has 8 heteroatoms. The van der Waals surface area contributed by atoms with Gasteiger partial charge in [0.15, 0.2) is 0 Å². The first kappa shape index (κ1) is 19.6. The molecular formula is C23H24N6O2. The number of nitrogens with one attached hydrogen (secondary N) is 1. The minimum Gasteiger partial charge on any atom is -0.327 e. The van der Waals surface area contributed by atoms with Crippen LogP contribution >= 0.6 is 0 Å². The number of aromatic nitrogens is 4. The molecule has 3 aromatic heterocycles. The molecule has 5 rings (SSSR count). The van der Waals surface area contributed by atoms with Gasteiger partial charge in [-0.05, 0) is 36.6 Å². The quantitative estimate of drug-likeness (QED) is 0.700. The van der Waals surface area contributed by atoms with E-state index in [0.29, 0.717) is 31.0 Å². The summed E-state index contributed by atoms with van der Waals surface area (Å²) in [4.78, 5) is 46.1. The molecule has 1 N–H and O–H groups in total. The maximum absolute atomic E-state index is 13.0. The highest BCUT2D eigenvalue weighted by atomic mass is 16.2. The Morgan fingerprint density at radius 1 is 1.16 bits per heavy atom. The number of pyridine rings is 2. The van der Waals surface area contributed by atoms with Crippen LogP contribution in [0.2, 0.25) is 0 Å². The average Bonchev–Trinajstić information content (AvgIpc) is 3.30. The van der Waals surface area contributed by atoms with E-state index < -0.39 is 0 Å². The molecule has 0 bridgehead atoms. The van der Waals surface area contributed by atoms with Crippen LogP contribution in [0.4, 0.5) is 0 Å². The van der Waals surface area contributed by atoms with Crippen LogP contribution < -0.4 is 5.56 Å². The van der Waals surface area contributed by atoms with Crippen molar-refractivity contribution in [3.05, 3.63) is 87.6 Å². The Morgan fingerprint density at radius 3 is 2.90 bits per heavy atom. The molecule has 1 atom stereocenters. The summed E-state index contributed by atoms with van der Waals surface area (Å²) in [6, 6.07) is 9.06. The maximum Gasteiger partial charge on any atom is 0.273 e. The summed E-state index contributed by atoms with van der Waals surface area (Å²) in [7, 11) is 0. The average molecular weight is 416 g/mol. The summed E-state index contributed by atoms with van der Waals surface area (Å²) in [5.41, 5.74) is 3.01. The Labute approximate surface area is 180 Å². The van der Waals surface area contributed by atoms with Crippen molar-refractivity contribution in [2.45, 2.75) is 38.4 Å². The molecule has 0 aliphatic carbocycles.